The lowest BCUT2D eigenvalue weighted by Crippen LogP contribution is -2.26. The third kappa shape index (κ3) is 6.97. The highest BCUT2D eigenvalue weighted by atomic mass is 16.3. The van der Waals surface area contributed by atoms with Crippen LogP contribution in [0.25, 0.3) is 66.7 Å². The van der Waals surface area contributed by atoms with E-state index < -0.39 is 5.54 Å². The van der Waals surface area contributed by atoms with E-state index in [1.807, 2.05) is 62.4 Å². The Balaban J connectivity index is 1.34. The monoisotopic (exact) mass is 751 g/mol. The molecule has 282 valence electrons. The summed E-state index contributed by atoms with van der Waals surface area (Å²) in [7, 11) is 0. The molecular weight excluding hydrogens is 707 g/mol. The topological polar surface area (TPSA) is 77.5 Å². The molecule has 0 unspecified atom stereocenters. The molecule has 1 aromatic heterocycles. The molecule has 0 radical (unpaired) electrons. The summed E-state index contributed by atoms with van der Waals surface area (Å²) in [5.74, 6) is 0. The van der Waals surface area contributed by atoms with E-state index in [2.05, 4.69) is 158 Å². The van der Waals surface area contributed by atoms with E-state index in [1.54, 1.807) is 0 Å². The maximum Gasteiger partial charge on any atom is 0.143 e. The Morgan fingerprint density at radius 1 is 0.534 bits per heavy atom. The molecule has 4 nitrogen and oxygen atoms in total. The number of fused-ring (bicyclic) bond motifs is 3. The first kappa shape index (κ1) is 37.5. The second-order valence-electron chi connectivity index (χ2n) is 14.3. The first-order valence-corrected chi connectivity index (χ1v) is 19.5. The average molecular weight is 752 g/mol. The lowest BCUT2D eigenvalue weighted by molar-refractivity contribution is 0.662. The van der Waals surface area contributed by atoms with E-state index in [0.29, 0.717) is 11.4 Å². The minimum Gasteiger partial charge on any atom is -0.455 e. The minimum absolute atomic E-state index is 0.706. The Morgan fingerprint density at radius 2 is 1.09 bits per heavy atom. The van der Waals surface area contributed by atoms with Gasteiger partial charge in [-0.1, -0.05) is 164 Å². The number of nitrogens with two attached hydrogens (primary N) is 2. The van der Waals surface area contributed by atoms with Crippen LogP contribution in [0.4, 0.5) is 0 Å². The first-order valence-electron chi connectivity index (χ1n) is 19.5. The third-order valence-electron chi connectivity index (χ3n) is 10.8. The highest BCUT2D eigenvalue weighted by molar-refractivity contribution is 6.16. The molecule has 0 amide bonds. The maximum absolute atomic E-state index is 6.86. The minimum atomic E-state index is -0.819. The molecular formula is C54H45N3O. The Labute approximate surface area is 340 Å². The van der Waals surface area contributed by atoms with Crippen molar-refractivity contribution in [3.63, 3.8) is 0 Å². The molecule has 0 aliphatic rings. The molecule has 0 fully saturated rings. The first-order chi connectivity index (χ1) is 28.4. The zero-order valence-corrected chi connectivity index (χ0v) is 32.8. The largest absolute Gasteiger partial charge is 0.455 e. The van der Waals surface area contributed by atoms with Crippen LogP contribution in [0, 0.1) is 0 Å². The summed E-state index contributed by atoms with van der Waals surface area (Å²) in [6.45, 7) is 8.14. The predicted octanol–water partition coefficient (Wildman–Crippen LogP) is 13.3. The summed E-state index contributed by atoms with van der Waals surface area (Å²) in [4.78, 5) is 4.92. The Kier molecular flexibility index (Phi) is 10.6. The molecule has 0 bridgehead atoms. The predicted molar refractivity (Wildman–Crippen MR) is 246 cm³/mol. The van der Waals surface area contributed by atoms with E-state index in [9.17, 15) is 0 Å². The van der Waals surface area contributed by atoms with Gasteiger partial charge in [-0.25, -0.2) is 0 Å². The van der Waals surface area contributed by atoms with Gasteiger partial charge in [-0.05, 0) is 113 Å². The van der Waals surface area contributed by atoms with E-state index >= 15 is 0 Å². The van der Waals surface area contributed by atoms with E-state index in [-0.39, 0.29) is 0 Å². The number of hydrogen-bond donors (Lipinski definition) is 2. The summed E-state index contributed by atoms with van der Waals surface area (Å²) in [6.07, 6.45) is 11.7. The van der Waals surface area contributed by atoms with Crippen LogP contribution < -0.4 is 11.5 Å². The average Bonchev–Trinajstić information content (AvgIpc) is 3.67. The molecule has 0 atom stereocenters. The molecule has 0 spiro atoms. The van der Waals surface area contributed by atoms with Gasteiger partial charge in [0.25, 0.3) is 0 Å². The molecule has 0 saturated heterocycles. The highest BCUT2D eigenvalue weighted by Crippen LogP contribution is 2.45. The van der Waals surface area contributed by atoms with Crippen molar-refractivity contribution in [3.8, 4) is 33.4 Å². The zero-order valence-electron chi connectivity index (χ0n) is 32.8. The molecule has 7 aromatic carbocycles. The van der Waals surface area contributed by atoms with Gasteiger partial charge in [0.15, 0.2) is 0 Å². The van der Waals surface area contributed by atoms with Gasteiger partial charge in [0.1, 0.15) is 16.7 Å². The van der Waals surface area contributed by atoms with Gasteiger partial charge in [-0.3, -0.25) is 4.99 Å². The van der Waals surface area contributed by atoms with E-state index in [0.717, 1.165) is 83.1 Å². The summed E-state index contributed by atoms with van der Waals surface area (Å²) in [5, 5.41) is 2.07. The molecule has 58 heavy (non-hydrogen) atoms. The quantitative estimate of drug-likeness (QED) is 0.0785. The van der Waals surface area contributed by atoms with Crippen molar-refractivity contribution in [2.45, 2.75) is 19.4 Å². The van der Waals surface area contributed by atoms with Crippen molar-refractivity contribution in [2.75, 3.05) is 0 Å². The van der Waals surface area contributed by atoms with Crippen molar-refractivity contribution >= 4 is 40.1 Å². The second-order valence-corrected chi connectivity index (χ2v) is 14.3. The summed E-state index contributed by atoms with van der Waals surface area (Å²) in [6, 6.07) is 57.0. The normalized spacial score (nSPS) is 12.6. The van der Waals surface area contributed by atoms with Crippen LogP contribution in [-0.4, -0.2) is 6.72 Å². The molecule has 8 aromatic rings. The second kappa shape index (κ2) is 16.4. The number of furan rings is 1. The lowest BCUT2D eigenvalue weighted by Gasteiger charge is -2.32. The van der Waals surface area contributed by atoms with Gasteiger partial charge in [0.2, 0.25) is 0 Å². The maximum atomic E-state index is 6.86. The lowest BCUT2D eigenvalue weighted by atomic mass is 9.77. The summed E-state index contributed by atoms with van der Waals surface area (Å²) in [5.41, 5.74) is 26.4. The standard InChI is InChI=1S/C54H45N3O/c1-4-6-23-49(55)39-30-26-37(27-31-39)42-35-47(38-28-32-40(33-29-38)50(56)24-7-5-2)53-48(36-42)52-46(22-15-25-51(52)58-53)41-16-14-21-45(34-41)54(57-3,43-17-10-8-11-18-43)44-19-12-9-13-20-44/h4-36H,3,55-56H2,1-2H3/b6-4-,7-5-,49-23-,50-24-. The van der Waals surface area contributed by atoms with Crippen molar-refractivity contribution in [2.24, 2.45) is 16.5 Å². The van der Waals surface area contributed by atoms with E-state index in [4.69, 9.17) is 20.9 Å². The SMILES string of the molecule is C=NC(c1ccccc1)(c1ccccc1)c1cccc(-c2cccc3oc4c(-c5ccc(/C(N)=C/C=C\C)cc5)cc(-c5ccc(/C(N)=C/C=C\C)cc5)cc4c23)c1. The number of nitrogens with zero attached hydrogens (tertiary/aromatic N) is 1. The molecule has 0 saturated carbocycles. The number of rotatable bonds is 11. The van der Waals surface area contributed by atoms with Crippen LogP contribution in [0.5, 0.6) is 0 Å². The number of hydrogen-bond acceptors (Lipinski definition) is 4. The van der Waals surface area contributed by atoms with Crippen LogP contribution in [0.3, 0.4) is 0 Å². The van der Waals surface area contributed by atoms with Crippen molar-refractivity contribution in [3.05, 3.63) is 228 Å². The number of allylic oxidation sites excluding steroid dienone is 6. The van der Waals surface area contributed by atoms with Gasteiger partial charge < -0.3 is 15.9 Å². The smallest absolute Gasteiger partial charge is 0.143 e. The molecule has 0 aliphatic carbocycles. The van der Waals surface area contributed by atoms with Gasteiger partial charge in [0.05, 0.1) is 0 Å². The number of benzene rings is 7. The van der Waals surface area contributed by atoms with Crippen molar-refractivity contribution < 1.29 is 4.42 Å². The molecule has 0 aliphatic heterocycles. The number of aliphatic imine (C=N–C) groups is 1. The van der Waals surface area contributed by atoms with Crippen molar-refractivity contribution in [1.29, 1.82) is 0 Å². The van der Waals surface area contributed by atoms with Crippen LogP contribution in [0.2, 0.25) is 0 Å². The molecule has 8 rings (SSSR count). The fraction of sp³-hybridized carbons (Fsp3) is 0.0556. The molecule has 4 heteroatoms. The van der Waals surface area contributed by atoms with Gasteiger partial charge in [-0.15, -0.1) is 0 Å². The fourth-order valence-electron chi connectivity index (χ4n) is 7.88. The van der Waals surface area contributed by atoms with Gasteiger partial charge in [0, 0.05) is 27.7 Å². The Morgan fingerprint density at radius 3 is 1.66 bits per heavy atom. The van der Waals surface area contributed by atoms with Gasteiger partial charge in [-0.2, -0.15) is 0 Å². The summed E-state index contributed by atoms with van der Waals surface area (Å²) < 4.78 is 6.86. The van der Waals surface area contributed by atoms with Crippen LogP contribution in [-0.2, 0) is 5.54 Å². The molecule has 4 N–H and O–H groups in total. The fourth-order valence-corrected chi connectivity index (χ4v) is 7.88. The van der Waals surface area contributed by atoms with Gasteiger partial charge >= 0.3 is 0 Å². The van der Waals surface area contributed by atoms with Crippen LogP contribution >= 0.6 is 0 Å². The van der Waals surface area contributed by atoms with Crippen molar-refractivity contribution in [1.82, 2.24) is 0 Å². The Hall–Kier alpha value is -7.43. The molecule has 1 heterocycles. The highest BCUT2D eigenvalue weighted by Gasteiger charge is 2.35. The van der Waals surface area contributed by atoms with Crippen LogP contribution in [0.15, 0.2) is 210 Å². The van der Waals surface area contributed by atoms with Crippen LogP contribution in [0.1, 0.15) is 41.7 Å². The zero-order chi connectivity index (χ0) is 40.1. The third-order valence-corrected chi connectivity index (χ3v) is 10.8. The summed E-state index contributed by atoms with van der Waals surface area (Å²) >= 11 is 0. The Bertz CT molecular complexity index is 2820. The van der Waals surface area contributed by atoms with E-state index in [1.165, 1.54) is 0 Å².